The van der Waals surface area contributed by atoms with Crippen molar-refractivity contribution in [2.75, 3.05) is 0 Å². The molecule has 0 aliphatic carbocycles. The van der Waals surface area contributed by atoms with Crippen LogP contribution in [0, 0.1) is 13.8 Å². The van der Waals surface area contributed by atoms with E-state index in [0.717, 1.165) is 16.7 Å². The van der Waals surface area contributed by atoms with Crippen LogP contribution < -0.4 is 4.74 Å². The molecule has 0 saturated carbocycles. The van der Waals surface area contributed by atoms with E-state index >= 15 is 0 Å². The van der Waals surface area contributed by atoms with Gasteiger partial charge in [-0.3, -0.25) is 0 Å². The summed E-state index contributed by atoms with van der Waals surface area (Å²) in [6.07, 6.45) is 1.27. The zero-order valence-corrected chi connectivity index (χ0v) is 17.2. The fourth-order valence-corrected chi connectivity index (χ4v) is 2.66. The molecule has 0 radical (unpaired) electrons. The van der Waals surface area contributed by atoms with E-state index in [1.165, 1.54) is 6.20 Å². The third-order valence-corrected chi connectivity index (χ3v) is 4.43. The van der Waals surface area contributed by atoms with Crippen molar-refractivity contribution in [3.05, 3.63) is 102 Å². The summed E-state index contributed by atoms with van der Waals surface area (Å²) in [5.74, 6) is 0.244. The highest BCUT2D eigenvalue weighted by Gasteiger charge is 2.17. The van der Waals surface area contributed by atoms with Crippen molar-refractivity contribution in [3.8, 4) is 28.8 Å². The van der Waals surface area contributed by atoms with E-state index in [1.807, 2.05) is 80.6 Å². The van der Waals surface area contributed by atoms with Gasteiger partial charge in [-0.2, -0.15) is 4.98 Å². The molecule has 0 saturated heterocycles. The van der Waals surface area contributed by atoms with Crippen LogP contribution in [-0.2, 0) is 0 Å². The molecule has 1 heterocycles. The summed E-state index contributed by atoms with van der Waals surface area (Å²) in [5, 5.41) is 18.2. The third kappa shape index (κ3) is 5.67. The summed E-state index contributed by atoms with van der Waals surface area (Å²) < 4.78 is 5.73. The smallest absolute Gasteiger partial charge is 0.342 e. The highest BCUT2D eigenvalue weighted by Crippen LogP contribution is 2.27. The summed E-state index contributed by atoms with van der Waals surface area (Å²) in [5.41, 5.74) is 2.53. The van der Waals surface area contributed by atoms with Crippen molar-refractivity contribution >= 4 is 5.97 Å². The molecule has 0 fully saturated rings. The molecule has 2 N–H and O–H groups in total. The van der Waals surface area contributed by atoms with E-state index in [4.69, 9.17) is 9.84 Å². The number of benzene rings is 3. The number of para-hydroxylation sites is 2. The molecular weight excluding hydrogens is 392 g/mol. The molecule has 156 valence electrons. The van der Waals surface area contributed by atoms with E-state index < -0.39 is 5.97 Å². The second kappa shape index (κ2) is 10.0. The number of carbonyl (C=O) groups is 1. The number of phenols is 1. The SMILES string of the molecule is Cc1ccccc1O.Cc1ccccc1Oc1nc(-c2ccccc2)ncc1C(=O)O. The van der Waals surface area contributed by atoms with Gasteiger partial charge in [-0.05, 0) is 37.1 Å². The van der Waals surface area contributed by atoms with Crippen LogP contribution in [0.15, 0.2) is 85.1 Å². The van der Waals surface area contributed by atoms with Crippen LogP contribution in [0.4, 0.5) is 0 Å². The maximum absolute atomic E-state index is 11.4. The Kier molecular flexibility index (Phi) is 6.96. The first kappa shape index (κ1) is 21.5. The lowest BCUT2D eigenvalue weighted by Crippen LogP contribution is -2.05. The summed E-state index contributed by atoms with van der Waals surface area (Å²) in [6, 6.07) is 23.9. The van der Waals surface area contributed by atoms with Crippen molar-refractivity contribution < 1.29 is 19.7 Å². The number of ether oxygens (including phenoxy) is 1. The Balaban J connectivity index is 0.000000287. The van der Waals surface area contributed by atoms with Gasteiger partial charge in [-0.15, -0.1) is 0 Å². The van der Waals surface area contributed by atoms with Gasteiger partial charge in [0.2, 0.25) is 5.88 Å². The molecule has 0 aliphatic rings. The maximum atomic E-state index is 11.4. The average molecular weight is 414 g/mol. The number of aromatic hydroxyl groups is 1. The minimum atomic E-state index is -1.13. The molecule has 0 amide bonds. The number of rotatable bonds is 4. The second-order valence-electron chi connectivity index (χ2n) is 6.74. The van der Waals surface area contributed by atoms with Gasteiger partial charge >= 0.3 is 5.97 Å². The van der Waals surface area contributed by atoms with Crippen LogP contribution in [0.5, 0.6) is 17.4 Å². The largest absolute Gasteiger partial charge is 0.508 e. The number of carboxylic acid groups (broad SMARTS) is 1. The predicted molar refractivity (Wildman–Crippen MR) is 119 cm³/mol. The van der Waals surface area contributed by atoms with Crippen molar-refractivity contribution in [2.24, 2.45) is 0 Å². The lowest BCUT2D eigenvalue weighted by molar-refractivity contribution is 0.0693. The van der Waals surface area contributed by atoms with Crippen LogP contribution in [-0.4, -0.2) is 26.2 Å². The number of nitrogens with zero attached hydrogens (tertiary/aromatic N) is 2. The van der Waals surface area contributed by atoms with E-state index in [-0.39, 0.29) is 11.4 Å². The number of aryl methyl sites for hydroxylation is 2. The van der Waals surface area contributed by atoms with Crippen molar-refractivity contribution in [1.29, 1.82) is 0 Å². The molecule has 31 heavy (non-hydrogen) atoms. The first-order valence-corrected chi connectivity index (χ1v) is 9.59. The summed E-state index contributed by atoms with van der Waals surface area (Å²) in [6.45, 7) is 3.75. The summed E-state index contributed by atoms with van der Waals surface area (Å²) in [7, 11) is 0. The van der Waals surface area contributed by atoms with E-state index in [9.17, 15) is 9.90 Å². The molecule has 6 nitrogen and oxygen atoms in total. The van der Waals surface area contributed by atoms with Crippen molar-refractivity contribution in [2.45, 2.75) is 13.8 Å². The van der Waals surface area contributed by atoms with Gasteiger partial charge in [0.25, 0.3) is 0 Å². The maximum Gasteiger partial charge on any atom is 0.342 e. The average Bonchev–Trinajstić information content (AvgIpc) is 2.78. The van der Waals surface area contributed by atoms with Crippen molar-refractivity contribution in [3.63, 3.8) is 0 Å². The van der Waals surface area contributed by atoms with Crippen LogP contribution in [0.2, 0.25) is 0 Å². The lowest BCUT2D eigenvalue weighted by atomic mass is 10.2. The van der Waals surface area contributed by atoms with Crippen molar-refractivity contribution in [1.82, 2.24) is 9.97 Å². The molecule has 6 heteroatoms. The first-order valence-electron chi connectivity index (χ1n) is 9.59. The Bertz CT molecular complexity index is 1160. The Morgan fingerprint density at radius 3 is 2.03 bits per heavy atom. The Morgan fingerprint density at radius 1 is 0.839 bits per heavy atom. The van der Waals surface area contributed by atoms with Gasteiger partial charge in [-0.1, -0.05) is 66.7 Å². The van der Waals surface area contributed by atoms with Crippen LogP contribution in [0.3, 0.4) is 0 Å². The molecule has 4 rings (SSSR count). The fraction of sp³-hybridized carbons (Fsp3) is 0.0800. The van der Waals surface area contributed by atoms with Crippen LogP contribution in [0.1, 0.15) is 21.5 Å². The van der Waals surface area contributed by atoms with Gasteiger partial charge in [0.1, 0.15) is 17.1 Å². The molecule has 3 aromatic carbocycles. The number of aromatic nitrogens is 2. The zero-order chi connectivity index (χ0) is 22.2. The molecule has 0 aliphatic heterocycles. The second-order valence-corrected chi connectivity index (χ2v) is 6.74. The summed E-state index contributed by atoms with van der Waals surface area (Å²) >= 11 is 0. The number of phenolic OH excluding ortho intramolecular Hbond substituents is 1. The number of hydrogen-bond acceptors (Lipinski definition) is 5. The highest BCUT2D eigenvalue weighted by atomic mass is 16.5. The zero-order valence-electron chi connectivity index (χ0n) is 17.2. The van der Waals surface area contributed by atoms with Gasteiger partial charge in [0, 0.05) is 11.8 Å². The fourth-order valence-electron chi connectivity index (χ4n) is 2.66. The van der Waals surface area contributed by atoms with Crippen LogP contribution >= 0.6 is 0 Å². The molecule has 0 unspecified atom stereocenters. The third-order valence-electron chi connectivity index (χ3n) is 4.43. The number of carboxylic acids is 1. The van der Waals surface area contributed by atoms with Gasteiger partial charge in [0.05, 0.1) is 0 Å². The minimum absolute atomic E-state index is 0.0284. The topological polar surface area (TPSA) is 92.5 Å². The molecule has 0 bridgehead atoms. The quantitative estimate of drug-likeness (QED) is 0.449. The lowest BCUT2D eigenvalue weighted by Gasteiger charge is -2.11. The highest BCUT2D eigenvalue weighted by molar-refractivity contribution is 5.90. The molecular formula is C25H22N2O4. The molecule has 1 aromatic heterocycles. The molecule has 4 aromatic rings. The first-order chi connectivity index (χ1) is 15.0. The predicted octanol–water partition coefficient (Wildman–Crippen LogP) is 5.64. The van der Waals surface area contributed by atoms with Gasteiger partial charge < -0.3 is 14.9 Å². The van der Waals surface area contributed by atoms with Gasteiger partial charge in [-0.25, -0.2) is 9.78 Å². The van der Waals surface area contributed by atoms with E-state index in [2.05, 4.69) is 9.97 Å². The van der Waals surface area contributed by atoms with E-state index in [0.29, 0.717) is 17.3 Å². The van der Waals surface area contributed by atoms with Gasteiger partial charge in [0.15, 0.2) is 5.82 Å². The minimum Gasteiger partial charge on any atom is -0.508 e. The standard InChI is InChI=1S/C18H14N2O3.C7H8O/c1-12-7-5-6-10-15(12)23-17-14(18(21)22)11-19-16(20-17)13-8-3-2-4-9-13;1-6-4-2-3-5-7(6)8/h2-11H,1H3,(H,21,22);2-5,8H,1H3. The van der Waals surface area contributed by atoms with Crippen LogP contribution in [0.25, 0.3) is 11.4 Å². The molecule has 0 atom stereocenters. The Hall–Kier alpha value is -4.19. The monoisotopic (exact) mass is 414 g/mol. The Morgan fingerprint density at radius 2 is 1.45 bits per heavy atom. The summed E-state index contributed by atoms with van der Waals surface area (Å²) in [4.78, 5) is 19.8. The number of hydrogen-bond donors (Lipinski definition) is 2. The van der Waals surface area contributed by atoms with E-state index in [1.54, 1.807) is 12.1 Å². The molecule has 0 spiro atoms. The Labute approximate surface area is 180 Å². The normalized spacial score (nSPS) is 10.0. The number of aromatic carboxylic acids is 1.